The van der Waals surface area contributed by atoms with Crippen molar-refractivity contribution in [1.29, 1.82) is 0 Å². The molecule has 0 aliphatic rings. The predicted molar refractivity (Wildman–Crippen MR) is 74.5 cm³/mol. The molecule has 5 heteroatoms. The third kappa shape index (κ3) is 6.20. The molecule has 0 saturated heterocycles. The van der Waals surface area contributed by atoms with E-state index in [2.05, 4.69) is 0 Å². The quantitative estimate of drug-likeness (QED) is 0.871. The van der Waals surface area contributed by atoms with Gasteiger partial charge in [0.1, 0.15) is 5.82 Å². The molecule has 0 aliphatic heterocycles. The van der Waals surface area contributed by atoms with Crippen molar-refractivity contribution in [1.82, 2.24) is 0 Å². The van der Waals surface area contributed by atoms with E-state index >= 15 is 0 Å². The fourth-order valence-corrected chi connectivity index (χ4v) is 1.89. The third-order valence-electron chi connectivity index (χ3n) is 2.38. The maximum absolute atomic E-state index is 13.7. The highest BCUT2D eigenvalue weighted by Crippen LogP contribution is 2.14. The lowest BCUT2D eigenvalue weighted by molar-refractivity contribution is -0.137. The van der Waals surface area contributed by atoms with Gasteiger partial charge in [-0.1, -0.05) is 36.0 Å². The molecular weight excluding hydrogens is 267 g/mol. The zero-order chi connectivity index (χ0) is 14.3. The van der Waals surface area contributed by atoms with Crippen LogP contribution in [0.2, 0.25) is 0 Å². The van der Waals surface area contributed by atoms with Gasteiger partial charge in [-0.15, -0.1) is 0 Å². The average molecular weight is 282 g/mol. The van der Waals surface area contributed by atoms with Gasteiger partial charge < -0.3 is 5.11 Å². The molecule has 0 bridgehead atoms. The van der Waals surface area contributed by atoms with E-state index < -0.39 is 11.8 Å². The first-order valence-corrected chi connectivity index (χ1v) is 6.77. The molecule has 1 aromatic carbocycles. The Morgan fingerprint density at radius 3 is 2.74 bits per heavy atom. The van der Waals surface area contributed by atoms with Crippen LogP contribution in [0.5, 0.6) is 0 Å². The Morgan fingerprint density at radius 2 is 2.16 bits per heavy atom. The predicted octanol–water partition coefficient (Wildman–Crippen LogP) is 3.14. The molecule has 0 saturated carbocycles. The summed E-state index contributed by atoms with van der Waals surface area (Å²) in [5.74, 6) is -0.787. The Bertz CT molecular complexity index is 497. The van der Waals surface area contributed by atoms with E-state index in [1.165, 1.54) is 24.8 Å². The Hall–Kier alpha value is -1.62. The fourth-order valence-electron chi connectivity index (χ4n) is 1.46. The number of carbonyl (C=O) groups excluding carboxylic acids is 1. The second-order valence-corrected chi connectivity index (χ2v) is 5.15. The van der Waals surface area contributed by atoms with E-state index in [0.29, 0.717) is 16.9 Å². The molecule has 0 fully saturated rings. The third-order valence-corrected chi connectivity index (χ3v) is 3.14. The van der Waals surface area contributed by atoms with Gasteiger partial charge in [0.25, 0.3) is 0 Å². The van der Waals surface area contributed by atoms with Gasteiger partial charge >= 0.3 is 5.97 Å². The van der Waals surface area contributed by atoms with Crippen LogP contribution in [0.4, 0.5) is 4.39 Å². The lowest BCUT2D eigenvalue weighted by Crippen LogP contribution is -1.99. The van der Waals surface area contributed by atoms with Gasteiger partial charge in [-0.3, -0.25) is 9.59 Å². The second-order valence-electron chi connectivity index (χ2n) is 3.95. The summed E-state index contributed by atoms with van der Waals surface area (Å²) < 4.78 is 13.7. The molecule has 19 heavy (non-hydrogen) atoms. The zero-order valence-corrected chi connectivity index (χ0v) is 11.4. The number of halogens is 1. The van der Waals surface area contributed by atoms with Gasteiger partial charge in [0.05, 0.1) is 0 Å². The number of thioether (sulfide) groups is 1. The number of carboxylic acids is 1. The van der Waals surface area contributed by atoms with Crippen molar-refractivity contribution in [2.45, 2.75) is 19.8 Å². The molecular formula is C14H15FO3S. The van der Waals surface area contributed by atoms with Crippen LogP contribution >= 0.6 is 11.8 Å². The van der Waals surface area contributed by atoms with Crippen LogP contribution in [0, 0.1) is 5.82 Å². The maximum Gasteiger partial charge on any atom is 0.303 e. The second kappa shape index (κ2) is 7.74. The first-order valence-electron chi connectivity index (χ1n) is 5.79. The van der Waals surface area contributed by atoms with E-state index in [0.717, 1.165) is 0 Å². The molecule has 1 aromatic rings. The average Bonchev–Trinajstić information content (AvgIpc) is 2.33. The first-order chi connectivity index (χ1) is 8.99. The summed E-state index contributed by atoms with van der Waals surface area (Å²) >= 11 is 1.18. The maximum atomic E-state index is 13.7. The van der Waals surface area contributed by atoms with Gasteiger partial charge in [-0.2, -0.15) is 0 Å². The smallest absolute Gasteiger partial charge is 0.303 e. The van der Waals surface area contributed by atoms with E-state index in [1.54, 1.807) is 24.3 Å². The molecule has 0 amide bonds. The molecule has 0 heterocycles. The Balaban J connectivity index is 2.60. The van der Waals surface area contributed by atoms with Crippen LogP contribution < -0.4 is 0 Å². The van der Waals surface area contributed by atoms with Gasteiger partial charge in [-0.05, 0) is 23.6 Å². The van der Waals surface area contributed by atoms with Gasteiger partial charge in [0.2, 0.25) is 0 Å². The van der Waals surface area contributed by atoms with Crippen LogP contribution in [0.3, 0.4) is 0 Å². The summed E-state index contributed by atoms with van der Waals surface area (Å²) in [6.07, 6.45) is 3.63. The molecule has 102 valence electrons. The SMILES string of the molecule is CC(=O)SCC=Cc1ccc(CCC(=O)O)c(F)c1. The summed E-state index contributed by atoms with van der Waals surface area (Å²) in [5, 5.41) is 8.59. The minimum Gasteiger partial charge on any atom is -0.481 e. The van der Waals surface area contributed by atoms with Crippen LogP contribution in [-0.4, -0.2) is 21.9 Å². The highest BCUT2D eigenvalue weighted by molar-refractivity contribution is 8.13. The van der Waals surface area contributed by atoms with Crippen LogP contribution in [0.25, 0.3) is 6.08 Å². The molecule has 0 radical (unpaired) electrons. The van der Waals surface area contributed by atoms with E-state index in [4.69, 9.17) is 5.11 Å². The Kier molecular flexibility index (Phi) is 6.29. The van der Waals surface area contributed by atoms with Crippen LogP contribution in [0.1, 0.15) is 24.5 Å². The van der Waals surface area contributed by atoms with Crippen LogP contribution in [-0.2, 0) is 16.0 Å². The van der Waals surface area contributed by atoms with Crippen molar-refractivity contribution in [2.24, 2.45) is 0 Å². The number of rotatable bonds is 6. The molecule has 0 spiro atoms. The lowest BCUT2D eigenvalue weighted by Gasteiger charge is -2.02. The van der Waals surface area contributed by atoms with E-state index in [9.17, 15) is 14.0 Å². The topological polar surface area (TPSA) is 54.4 Å². The number of hydrogen-bond donors (Lipinski definition) is 1. The molecule has 0 aromatic heterocycles. The van der Waals surface area contributed by atoms with E-state index in [1.807, 2.05) is 0 Å². The number of aryl methyl sites for hydroxylation is 1. The minimum atomic E-state index is -0.940. The van der Waals surface area contributed by atoms with Crippen molar-refractivity contribution in [3.63, 3.8) is 0 Å². The number of aliphatic carboxylic acids is 1. The zero-order valence-electron chi connectivity index (χ0n) is 10.6. The van der Waals surface area contributed by atoms with Crippen molar-refractivity contribution in [3.05, 3.63) is 41.2 Å². The highest BCUT2D eigenvalue weighted by Gasteiger charge is 2.05. The molecule has 1 rings (SSSR count). The lowest BCUT2D eigenvalue weighted by atomic mass is 10.1. The van der Waals surface area contributed by atoms with Gasteiger partial charge in [-0.25, -0.2) is 4.39 Å². The molecule has 0 atom stereocenters. The summed E-state index contributed by atoms with van der Waals surface area (Å²) in [5.41, 5.74) is 1.10. The number of carbonyl (C=O) groups is 2. The summed E-state index contributed by atoms with van der Waals surface area (Å²) in [4.78, 5) is 21.1. The standard InChI is InChI=1S/C14H15FO3S/c1-10(16)19-8-2-3-11-4-5-12(13(15)9-11)6-7-14(17)18/h2-5,9H,6-8H2,1H3,(H,17,18). The molecule has 3 nitrogen and oxygen atoms in total. The minimum absolute atomic E-state index is 0.0415. The van der Waals surface area contributed by atoms with Crippen molar-refractivity contribution in [2.75, 3.05) is 5.75 Å². The molecule has 0 aliphatic carbocycles. The Morgan fingerprint density at radius 1 is 1.42 bits per heavy atom. The van der Waals surface area contributed by atoms with Crippen molar-refractivity contribution < 1.29 is 19.1 Å². The molecule has 1 N–H and O–H groups in total. The fraction of sp³-hybridized carbons (Fsp3) is 0.286. The number of benzene rings is 1. The highest BCUT2D eigenvalue weighted by atomic mass is 32.2. The van der Waals surface area contributed by atoms with Crippen molar-refractivity contribution in [3.8, 4) is 0 Å². The summed E-state index contributed by atoms with van der Waals surface area (Å²) in [6, 6.07) is 4.69. The summed E-state index contributed by atoms with van der Waals surface area (Å²) in [6.45, 7) is 1.50. The normalized spacial score (nSPS) is 10.8. The largest absolute Gasteiger partial charge is 0.481 e. The number of hydrogen-bond acceptors (Lipinski definition) is 3. The molecule has 0 unspecified atom stereocenters. The number of carboxylic acid groups (broad SMARTS) is 1. The first kappa shape index (κ1) is 15.4. The van der Waals surface area contributed by atoms with Gasteiger partial charge in [0, 0.05) is 19.1 Å². The Labute approximate surface area is 115 Å². The van der Waals surface area contributed by atoms with Gasteiger partial charge in [0.15, 0.2) is 5.12 Å². The summed E-state index contributed by atoms with van der Waals surface area (Å²) in [7, 11) is 0. The van der Waals surface area contributed by atoms with Crippen LogP contribution in [0.15, 0.2) is 24.3 Å². The van der Waals surface area contributed by atoms with Crippen molar-refractivity contribution >= 4 is 28.9 Å². The van der Waals surface area contributed by atoms with E-state index in [-0.39, 0.29) is 18.0 Å². The monoisotopic (exact) mass is 282 g/mol.